The second-order valence-electron chi connectivity index (χ2n) is 6.01. The molecule has 1 atom stereocenters. The third-order valence-electron chi connectivity index (χ3n) is 3.84. The fourth-order valence-electron chi connectivity index (χ4n) is 2.35. The Morgan fingerprint density at radius 3 is 2.12 bits per heavy atom. The Morgan fingerprint density at radius 2 is 1.56 bits per heavy atom. The molecule has 0 radical (unpaired) electrons. The average Bonchev–Trinajstić information content (AvgIpc) is 2.64. The fourth-order valence-corrected chi connectivity index (χ4v) is 4.61. The van der Waals surface area contributed by atoms with Crippen LogP contribution in [0.15, 0.2) is 54.6 Å². The summed E-state index contributed by atoms with van der Waals surface area (Å²) >= 11 is 0. The summed E-state index contributed by atoms with van der Waals surface area (Å²) in [7, 11) is 2.77. The monoisotopic (exact) mass is 356 g/mol. The second-order valence-corrected chi connectivity index (χ2v) is 8.22. The van der Waals surface area contributed by atoms with E-state index < -0.39 is 7.92 Å². The zero-order chi connectivity index (χ0) is 18.2. The SMILES string of the molecule is CCCNC(=O)c1ccc(P(CC(=O)N(C)C)c2ccccc2)cc1. The van der Waals surface area contributed by atoms with Crippen molar-refractivity contribution in [2.75, 3.05) is 26.8 Å². The van der Waals surface area contributed by atoms with Crippen molar-refractivity contribution < 1.29 is 9.59 Å². The lowest BCUT2D eigenvalue weighted by Crippen LogP contribution is -2.28. The van der Waals surface area contributed by atoms with E-state index in [2.05, 4.69) is 17.4 Å². The molecule has 1 N–H and O–H groups in total. The summed E-state index contributed by atoms with van der Waals surface area (Å²) in [4.78, 5) is 26.0. The number of rotatable bonds is 7. The molecule has 1 unspecified atom stereocenters. The molecule has 0 aliphatic carbocycles. The highest BCUT2D eigenvalue weighted by Crippen LogP contribution is 2.33. The minimum Gasteiger partial charge on any atom is -0.352 e. The number of benzene rings is 2. The first-order valence-electron chi connectivity index (χ1n) is 8.44. The van der Waals surface area contributed by atoms with Gasteiger partial charge >= 0.3 is 0 Å². The van der Waals surface area contributed by atoms with E-state index in [1.165, 1.54) is 0 Å². The van der Waals surface area contributed by atoms with Crippen molar-refractivity contribution in [1.82, 2.24) is 10.2 Å². The van der Waals surface area contributed by atoms with E-state index in [9.17, 15) is 9.59 Å². The number of amides is 2. The molecule has 2 aromatic rings. The van der Waals surface area contributed by atoms with Crippen molar-refractivity contribution in [3.8, 4) is 0 Å². The van der Waals surface area contributed by atoms with Crippen LogP contribution in [0.25, 0.3) is 0 Å². The predicted octanol–water partition coefficient (Wildman–Crippen LogP) is 2.35. The van der Waals surface area contributed by atoms with E-state index in [0.29, 0.717) is 18.3 Å². The Balaban J connectivity index is 2.25. The van der Waals surface area contributed by atoms with E-state index in [0.717, 1.165) is 17.0 Å². The molecule has 2 aromatic carbocycles. The van der Waals surface area contributed by atoms with Crippen LogP contribution in [0.4, 0.5) is 0 Å². The van der Waals surface area contributed by atoms with Crippen molar-refractivity contribution in [3.63, 3.8) is 0 Å². The molecule has 0 aliphatic rings. The third kappa shape index (κ3) is 5.40. The minimum atomic E-state index is -0.788. The van der Waals surface area contributed by atoms with Gasteiger partial charge in [0.2, 0.25) is 5.91 Å². The van der Waals surface area contributed by atoms with Gasteiger partial charge in [0.1, 0.15) is 0 Å². The highest BCUT2D eigenvalue weighted by molar-refractivity contribution is 7.73. The molecule has 0 aliphatic heterocycles. The van der Waals surface area contributed by atoms with Crippen molar-refractivity contribution in [2.24, 2.45) is 0 Å². The molecule has 2 rings (SSSR count). The van der Waals surface area contributed by atoms with Crippen molar-refractivity contribution >= 4 is 30.3 Å². The van der Waals surface area contributed by atoms with Crippen LogP contribution in [0, 0.1) is 0 Å². The van der Waals surface area contributed by atoms with Gasteiger partial charge in [0.25, 0.3) is 5.91 Å². The van der Waals surface area contributed by atoms with Gasteiger partial charge < -0.3 is 10.2 Å². The minimum absolute atomic E-state index is 0.0539. The molecule has 25 heavy (non-hydrogen) atoms. The summed E-state index contributed by atoms with van der Waals surface area (Å²) in [5, 5.41) is 5.14. The number of nitrogens with one attached hydrogen (secondary N) is 1. The lowest BCUT2D eigenvalue weighted by Gasteiger charge is -2.20. The molecule has 0 aromatic heterocycles. The van der Waals surface area contributed by atoms with Crippen LogP contribution >= 0.6 is 7.92 Å². The van der Waals surface area contributed by atoms with Crippen molar-refractivity contribution in [2.45, 2.75) is 13.3 Å². The Bertz CT molecular complexity index is 699. The van der Waals surface area contributed by atoms with Crippen LogP contribution in [0.3, 0.4) is 0 Å². The first-order valence-corrected chi connectivity index (χ1v) is 9.96. The maximum atomic E-state index is 12.3. The van der Waals surface area contributed by atoms with Gasteiger partial charge in [-0.25, -0.2) is 0 Å². The standard InChI is InChI=1S/C20H25N2O2P/c1-4-14-21-20(24)16-10-12-18(13-11-16)25(15-19(23)22(2)3)17-8-6-5-7-9-17/h5-13H,4,14-15H2,1-3H3,(H,21,24). The van der Waals surface area contributed by atoms with Gasteiger partial charge in [0.05, 0.1) is 6.16 Å². The van der Waals surface area contributed by atoms with Crippen LogP contribution in [0.5, 0.6) is 0 Å². The van der Waals surface area contributed by atoms with Gasteiger partial charge in [-0.1, -0.05) is 49.4 Å². The fraction of sp³-hybridized carbons (Fsp3) is 0.300. The summed E-state index contributed by atoms with van der Waals surface area (Å²) in [6, 6.07) is 17.7. The van der Waals surface area contributed by atoms with E-state index in [1.807, 2.05) is 49.4 Å². The van der Waals surface area contributed by atoms with Crippen LogP contribution in [-0.4, -0.2) is 43.5 Å². The molecule has 5 heteroatoms. The summed E-state index contributed by atoms with van der Waals surface area (Å²) in [5.41, 5.74) is 0.652. The largest absolute Gasteiger partial charge is 0.352 e. The van der Waals surface area contributed by atoms with Crippen LogP contribution < -0.4 is 15.9 Å². The Morgan fingerprint density at radius 1 is 0.960 bits per heavy atom. The number of hydrogen-bond donors (Lipinski definition) is 1. The van der Waals surface area contributed by atoms with Crippen LogP contribution in [0.1, 0.15) is 23.7 Å². The highest BCUT2D eigenvalue weighted by atomic mass is 31.1. The number of carbonyl (C=O) groups is 2. The molecule has 0 bridgehead atoms. The summed E-state index contributed by atoms with van der Waals surface area (Å²) < 4.78 is 0. The van der Waals surface area contributed by atoms with E-state index in [4.69, 9.17) is 0 Å². The smallest absolute Gasteiger partial charge is 0.251 e. The summed E-state index contributed by atoms with van der Waals surface area (Å²) in [6.07, 6.45) is 1.38. The normalized spacial score (nSPS) is 11.6. The van der Waals surface area contributed by atoms with Crippen molar-refractivity contribution in [3.05, 3.63) is 60.2 Å². The van der Waals surface area contributed by atoms with Gasteiger partial charge in [-0.2, -0.15) is 0 Å². The maximum Gasteiger partial charge on any atom is 0.251 e. The molecule has 0 fully saturated rings. The molecule has 4 nitrogen and oxygen atoms in total. The maximum absolute atomic E-state index is 12.3. The zero-order valence-corrected chi connectivity index (χ0v) is 15.9. The first kappa shape index (κ1) is 19.1. The quantitative estimate of drug-likeness (QED) is 0.774. The van der Waals surface area contributed by atoms with E-state index in [1.54, 1.807) is 19.0 Å². The molecule has 2 amide bonds. The Kier molecular flexibility index (Phi) is 7.15. The number of carbonyl (C=O) groups excluding carboxylic acids is 2. The molecular formula is C20H25N2O2P. The summed E-state index contributed by atoms with van der Waals surface area (Å²) in [6.45, 7) is 2.70. The van der Waals surface area contributed by atoms with E-state index in [-0.39, 0.29) is 11.8 Å². The molecular weight excluding hydrogens is 331 g/mol. The number of nitrogens with zero attached hydrogens (tertiary/aromatic N) is 1. The molecule has 0 heterocycles. The Labute approximate surface area is 151 Å². The van der Waals surface area contributed by atoms with Crippen molar-refractivity contribution in [1.29, 1.82) is 0 Å². The van der Waals surface area contributed by atoms with Gasteiger partial charge in [-0.3, -0.25) is 9.59 Å². The highest BCUT2D eigenvalue weighted by Gasteiger charge is 2.19. The average molecular weight is 356 g/mol. The molecule has 0 saturated carbocycles. The zero-order valence-electron chi connectivity index (χ0n) is 15.0. The van der Waals surface area contributed by atoms with Gasteiger partial charge in [-0.05, 0) is 37.1 Å². The third-order valence-corrected chi connectivity index (χ3v) is 6.27. The second kappa shape index (κ2) is 9.33. The lowest BCUT2D eigenvalue weighted by atomic mass is 10.2. The first-order chi connectivity index (χ1) is 12.0. The van der Waals surface area contributed by atoms with Crippen LogP contribution in [-0.2, 0) is 4.79 Å². The molecule has 132 valence electrons. The predicted molar refractivity (Wildman–Crippen MR) is 105 cm³/mol. The summed E-state index contributed by atoms with van der Waals surface area (Å²) in [5.74, 6) is 0.0570. The lowest BCUT2D eigenvalue weighted by molar-refractivity contribution is -0.125. The Hall–Kier alpha value is -2.19. The van der Waals surface area contributed by atoms with Gasteiger partial charge in [0, 0.05) is 26.2 Å². The van der Waals surface area contributed by atoms with Crippen LogP contribution in [0.2, 0.25) is 0 Å². The topological polar surface area (TPSA) is 49.4 Å². The van der Waals surface area contributed by atoms with Gasteiger partial charge in [-0.15, -0.1) is 0 Å². The van der Waals surface area contributed by atoms with E-state index >= 15 is 0 Å². The molecule has 0 saturated heterocycles. The van der Waals surface area contributed by atoms with Gasteiger partial charge in [0.15, 0.2) is 0 Å². The molecule has 0 spiro atoms. The number of hydrogen-bond acceptors (Lipinski definition) is 2.